The second-order valence-electron chi connectivity index (χ2n) is 5.47. The number of amides is 1. The summed E-state index contributed by atoms with van der Waals surface area (Å²) >= 11 is 0. The minimum absolute atomic E-state index is 0.285. The number of hydrogen-bond donors (Lipinski definition) is 2. The van der Waals surface area contributed by atoms with Crippen molar-refractivity contribution in [3.05, 3.63) is 23.2 Å². The smallest absolute Gasteiger partial charge is 0.300 e. The number of piperidine rings is 1. The Morgan fingerprint density at radius 2 is 2.11 bits per heavy atom. The van der Waals surface area contributed by atoms with Crippen LogP contribution >= 0.6 is 0 Å². The number of carbonyl (C=O) groups excluding carboxylic acids is 1. The van der Waals surface area contributed by atoms with E-state index in [1.54, 1.807) is 6.07 Å². The number of nitrogens with zero attached hydrogens (tertiary/aromatic N) is 1. The molecule has 1 aliphatic rings. The van der Waals surface area contributed by atoms with Crippen molar-refractivity contribution in [2.24, 2.45) is 5.84 Å². The molecular formula is C14H23N3O2. The Balaban J connectivity index is 2.14. The van der Waals surface area contributed by atoms with Crippen LogP contribution in [-0.4, -0.2) is 22.9 Å². The van der Waals surface area contributed by atoms with Gasteiger partial charge in [0.1, 0.15) is 5.76 Å². The highest BCUT2D eigenvalue weighted by Gasteiger charge is 2.26. The van der Waals surface area contributed by atoms with E-state index in [1.165, 1.54) is 19.3 Å². The number of nitrogens with two attached hydrogens (primary N) is 1. The number of nitrogen functional groups attached to an aromatic ring is 1. The molecule has 2 heterocycles. The first kappa shape index (κ1) is 14.1. The molecule has 0 bridgehead atoms. The number of hydrogen-bond acceptors (Lipinski definition) is 4. The van der Waals surface area contributed by atoms with Crippen LogP contribution in [0.2, 0.25) is 0 Å². The lowest BCUT2D eigenvalue weighted by Gasteiger charge is -2.38. The lowest BCUT2D eigenvalue weighted by molar-refractivity contribution is 0.0924. The van der Waals surface area contributed by atoms with Crippen molar-refractivity contribution in [3.8, 4) is 0 Å². The molecule has 1 aromatic heterocycles. The van der Waals surface area contributed by atoms with E-state index in [4.69, 9.17) is 10.3 Å². The SMILES string of the molecule is Cc1oc(C(=O)NN)cc1CN1[C@H](C)CCC[C@@H]1C. The van der Waals surface area contributed by atoms with Gasteiger partial charge in [-0.1, -0.05) is 6.42 Å². The Morgan fingerprint density at radius 3 is 2.68 bits per heavy atom. The molecule has 2 rings (SSSR count). The molecule has 1 amide bonds. The van der Waals surface area contributed by atoms with Crippen LogP contribution in [0.1, 0.15) is 55.0 Å². The van der Waals surface area contributed by atoms with Gasteiger partial charge >= 0.3 is 5.91 Å². The first-order valence-electron chi connectivity index (χ1n) is 6.89. The fraction of sp³-hybridized carbons (Fsp3) is 0.643. The van der Waals surface area contributed by atoms with Gasteiger partial charge in [-0.3, -0.25) is 15.1 Å². The largest absolute Gasteiger partial charge is 0.456 e. The van der Waals surface area contributed by atoms with Crippen LogP contribution in [0.4, 0.5) is 0 Å². The Morgan fingerprint density at radius 1 is 1.47 bits per heavy atom. The maximum atomic E-state index is 11.5. The van der Waals surface area contributed by atoms with E-state index in [-0.39, 0.29) is 11.7 Å². The molecule has 3 N–H and O–H groups in total. The van der Waals surface area contributed by atoms with Crippen LogP contribution in [0.5, 0.6) is 0 Å². The normalized spacial score (nSPS) is 24.4. The molecule has 1 aromatic rings. The van der Waals surface area contributed by atoms with E-state index < -0.39 is 0 Å². The number of nitrogens with one attached hydrogen (secondary N) is 1. The standard InChI is InChI=1S/C14H23N3O2/c1-9-5-4-6-10(2)17(9)8-12-7-13(14(18)16-15)19-11(12)3/h7,9-10H,4-6,8,15H2,1-3H3,(H,16,18)/t9-,10+. The van der Waals surface area contributed by atoms with Crippen LogP contribution < -0.4 is 11.3 Å². The number of carbonyl (C=O) groups is 1. The van der Waals surface area contributed by atoms with E-state index in [1.807, 2.05) is 6.92 Å². The van der Waals surface area contributed by atoms with Gasteiger partial charge in [-0.2, -0.15) is 0 Å². The molecule has 1 aliphatic heterocycles. The fourth-order valence-corrected chi connectivity index (χ4v) is 2.84. The second kappa shape index (κ2) is 5.75. The molecule has 0 spiro atoms. The topological polar surface area (TPSA) is 71.5 Å². The van der Waals surface area contributed by atoms with Gasteiger partial charge in [0.25, 0.3) is 0 Å². The summed E-state index contributed by atoms with van der Waals surface area (Å²) in [7, 11) is 0. The van der Waals surface area contributed by atoms with Crippen molar-refractivity contribution in [1.29, 1.82) is 0 Å². The summed E-state index contributed by atoms with van der Waals surface area (Å²) in [4.78, 5) is 13.9. The highest BCUT2D eigenvalue weighted by atomic mass is 16.4. The average Bonchev–Trinajstić information content (AvgIpc) is 2.74. The maximum Gasteiger partial charge on any atom is 0.300 e. The third kappa shape index (κ3) is 2.98. The molecule has 19 heavy (non-hydrogen) atoms. The van der Waals surface area contributed by atoms with Crippen molar-refractivity contribution < 1.29 is 9.21 Å². The molecule has 106 valence electrons. The highest BCUT2D eigenvalue weighted by Crippen LogP contribution is 2.26. The summed E-state index contributed by atoms with van der Waals surface area (Å²) in [6, 6.07) is 2.95. The molecule has 2 atom stereocenters. The molecule has 5 heteroatoms. The Bertz CT molecular complexity index is 446. The third-order valence-electron chi connectivity index (χ3n) is 4.10. The predicted octanol–water partition coefficient (Wildman–Crippen LogP) is 1.95. The highest BCUT2D eigenvalue weighted by molar-refractivity contribution is 5.91. The van der Waals surface area contributed by atoms with Gasteiger partial charge in [0.15, 0.2) is 5.76 Å². The zero-order valence-electron chi connectivity index (χ0n) is 11.9. The minimum Gasteiger partial charge on any atom is -0.456 e. The number of likely N-dealkylation sites (tertiary alicyclic amines) is 1. The average molecular weight is 265 g/mol. The number of hydrazine groups is 1. The molecule has 1 saturated heterocycles. The summed E-state index contributed by atoms with van der Waals surface area (Å²) in [5.41, 5.74) is 3.17. The molecule has 0 radical (unpaired) electrons. The molecule has 0 saturated carbocycles. The van der Waals surface area contributed by atoms with Crippen LogP contribution in [-0.2, 0) is 6.54 Å². The lowest BCUT2D eigenvalue weighted by atomic mass is 9.97. The van der Waals surface area contributed by atoms with Crippen LogP contribution in [0, 0.1) is 6.92 Å². The summed E-state index contributed by atoms with van der Waals surface area (Å²) in [6.45, 7) is 7.24. The second-order valence-corrected chi connectivity index (χ2v) is 5.47. The minimum atomic E-state index is -0.380. The summed E-state index contributed by atoms with van der Waals surface area (Å²) in [5, 5.41) is 0. The first-order chi connectivity index (χ1) is 9.02. The van der Waals surface area contributed by atoms with E-state index in [0.29, 0.717) is 12.1 Å². The van der Waals surface area contributed by atoms with Crippen LogP contribution in [0.25, 0.3) is 0 Å². The van der Waals surface area contributed by atoms with Gasteiger partial charge in [0.05, 0.1) is 0 Å². The van der Waals surface area contributed by atoms with E-state index in [0.717, 1.165) is 17.9 Å². The summed E-state index contributed by atoms with van der Waals surface area (Å²) < 4.78 is 5.46. The molecule has 0 unspecified atom stereocenters. The van der Waals surface area contributed by atoms with Gasteiger partial charge in [0, 0.05) is 24.2 Å². The van der Waals surface area contributed by atoms with Gasteiger partial charge in [-0.15, -0.1) is 0 Å². The van der Waals surface area contributed by atoms with Crippen molar-refractivity contribution in [3.63, 3.8) is 0 Å². The van der Waals surface area contributed by atoms with E-state index in [9.17, 15) is 4.79 Å². The van der Waals surface area contributed by atoms with Gasteiger partial charge in [0.2, 0.25) is 0 Å². The monoisotopic (exact) mass is 265 g/mol. The van der Waals surface area contributed by atoms with E-state index in [2.05, 4.69) is 24.2 Å². The van der Waals surface area contributed by atoms with E-state index >= 15 is 0 Å². The molecule has 5 nitrogen and oxygen atoms in total. The number of aryl methyl sites for hydroxylation is 1. The first-order valence-corrected chi connectivity index (χ1v) is 6.89. The van der Waals surface area contributed by atoms with Gasteiger partial charge in [-0.05, 0) is 39.7 Å². The molecule has 0 aliphatic carbocycles. The third-order valence-corrected chi connectivity index (χ3v) is 4.10. The lowest BCUT2D eigenvalue weighted by Crippen LogP contribution is -2.43. The molecular weight excluding hydrogens is 242 g/mol. The Labute approximate surface area is 114 Å². The number of rotatable bonds is 3. The zero-order valence-corrected chi connectivity index (χ0v) is 11.9. The van der Waals surface area contributed by atoms with Crippen molar-refractivity contribution in [2.45, 2.75) is 58.7 Å². The quantitative estimate of drug-likeness (QED) is 0.498. The fourth-order valence-electron chi connectivity index (χ4n) is 2.84. The maximum absolute atomic E-state index is 11.5. The summed E-state index contributed by atoms with van der Waals surface area (Å²) in [6.07, 6.45) is 3.76. The van der Waals surface area contributed by atoms with Gasteiger partial charge in [-0.25, -0.2) is 5.84 Å². The van der Waals surface area contributed by atoms with Crippen LogP contribution in [0.15, 0.2) is 10.5 Å². The predicted molar refractivity (Wildman–Crippen MR) is 73.4 cm³/mol. The number of furan rings is 1. The Kier molecular flexibility index (Phi) is 4.27. The van der Waals surface area contributed by atoms with Crippen molar-refractivity contribution >= 4 is 5.91 Å². The molecule has 0 aromatic carbocycles. The zero-order chi connectivity index (χ0) is 14.0. The summed E-state index contributed by atoms with van der Waals surface area (Å²) in [5.74, 6) is 5.82. The Hall–Kier alpha value is -1.33. The van der Waals surface area contributed by atoms with Crippen LogP contribution in [0.3, 0.4) is 0 Å². The van der Waals surface area contributed by atoms with Crippen molar-refractivity contribution in [1.82, 2.24) is 10.3 Å². The van der Waals surface area contributed by atoms with Crippen molar-refractivity contribution in [2.75, 3.05) is 0 Å². The molecule has 1 fully saturated rings. The van der Waals surface area contributed by atoms with Gasteiger partial charge < -0.3 is 4.42 Å².